The minimum atomic E-state index is -0.671. The summed E-state index contributed by atoms with van der Waals surface area (Å²) >= 11 is 4.84. The van der Waals surface area contributed by atoms with E-state index in [9.17, 15) is 8.78 Å². The summed E-state index contributed by atoms with van der Waals surface area (Å²) in [7, 11) is 0. The van der Waals surface area contributed by atoms with Crippen molar-refractivity contribution in [3.05, 3.63) is 45.8 Å². The molecule has 0 bridgehead atoms. The molecule has 0 unspecified atom stereocenters. The predicted octanol–water partition coefficient (Wildman–Crippen LogP) is 4.43. The molecule has 0 amide bonds. The molecule has 102 valence electrons. The number of aromatic nitrogens is 2. The van der Waals surface area contributed by atoms with E-state index in [1.807, 2.05) is 12.1 Å². The van der Waals surface area contributed by atoms with Crippen molar-refractivity contribution in [2.24, 2.45) is 0 Å². The molecule has 0 fully saturated rings. The number of benzene rings is 1. The molecule has 0 radical (unpaired) electrons. The fourth-order valence-electron chi connectivity index (χ4n) is 1.95. The minimum Gasteiger partial charge on any atom is -0.382 e. The van der Waals surface area contributed by atoms with Gasteiger partial charge in [0.2, 0.25) is 0 Å². The third kappa shape index (κ3) is 2.23. The summed E-state index contributed by atoms with van der Waals surface area (Å²) in [6.07, 6.45) is 0. The zero-order chi connectivity index (χ0) is 14.3. The molecule has 0 saturated heterocycles. The van der Waals surface area contributed by atoms with E-state index in [0.29, 0.717) is 11.3 Å². The van der Waals surface area contributed by atoms with Crippen LogP contribution in [0, 0.1) is 11.6 Å². The number of nitrogens with one attached hydrogen (secondary N) is 1. The first-order valence-corrected chi connectivity index (χ1v) is 7.22. The number of anilines is 1. The second kappa shape index (κ2) is 4.99. The summed E-state index contributed by atoms with van der Waals surface area (Å²) in [5.74, 6) is -1.13. The van der Waals surface area contributed by atoms with Crippen molar-refractivity contribution < 1.29 is 8.78 Å². The second-order valence-corrected chi connectivity index (χ2v) is 6.55. The number of hydrogen-bond donors (Lipinski definition) is 2. The van der Waals surface area contributed by atoms with E-state index in [1.54, 1.807) is 0 Å². The summed E-state index contributed by atoms with van der Waals surface area (Å²) in [5, 5.41) is 6.72. The number of hydrogen-bond acceptors (Lipinski definition) is 3. The van der Waals surface area contributed by atoms with Crippen molar-refractivity contribution in [1.29, 1.82) is 0 Å². The summed E-state index contributed by atoms with van der Waals surface area (Å²) in [6, 6.07) is 7.13. The molecule has 3 N–H and O–H groups in total. The Kier molecular flexibility index (Phi) is 3.31. The third-order valence-corrected chi connectivity index (χ3v) is 4.46. The van der Waals surface area contributed by atoms with E-state index in [2.05, 4.69) is 26.1 Å². The van der Waals surface area contributed by atoms with E-state index in [0.717, 1.165) is 14.7 Å². The Morgan fingerprint density at radius 3 is 2.65 bits per heavy atom. The molecule has 2 heterocycles. The Hall–Kier alpha value is -1.73. The number of H-pyrrole nitrogens is 1. The highest BCUT2D eigenvalue weighted by molar-refractivity contribution is 9.11. The fourth-order valence-corrected chi connectivity index (χ4v) is 3.34. The van der Waals surface area contributed by atoms with Crippen LogP contribution in [-0.2, 0) is 0 Å². The largest absolute Gasteiger partial charge is 0.382 e. The first-order chi connectivity index (χ1) is 9.56. The van der Waals surface area contributed by atoms with Crippen LogP contribution in [0.5, 0.6) is 0 Å². The van der Waals surface area contributed by atoms with Gasteiger partial charge in [0.05, 0.1) is 19.9 Å². The standard InChI is InChI=1S/C13H8BrF2N3S/c14-10-4-3-9(20-10)12-11(13(17)19-18-12)7-2-1-6(15)5-8(7)16/h1-5H,(H3,17,18,19). The molecule has 3 nitrogen and oxygen atoms in total. The summed E-state index contributed by atoms with van der Waals surface area (Å²) in [4.78, 5) is 0.861. The molecule has 3 aromatic rings. The molecule has 0 atom stereocenters. The first-order valence-electron chi connectivity index (χ1n) is 5.61. The van der Waals surface area contributed by atoms with Crippen LogP contribution in [0.25, 0.3) is 21.7 Å². The Balaban J connectivity index is 2.21. The molecular weight excluding hydrogens is 348 g/mol. The molecule has 7 heteroatoms. The summed E-state index contributed by atoms with van der Waals surface area (Å²) in [5.41, 5.74) is 7.09. The van der Waals surface area contributed by atoms with Crippen molar-refractivity contribution >= 4 is 33.1 Å². The van der Waals surface area contributed by atoms with Crippen LogP contribution in [0.1, 0.15) is 0 Å². The molecule has 0 aliphatic rings. The first kappa shape index (κ1) is 13.3. The summed E-state index contributed by atoms with van der Waals surface area (Å²) in [6.45, 7) is 0. The van der Waals surface area contributed by atoms with Crippen LogP contribution in [0.15, 0.2) is 34.1 Å². The quantitative estimate of drug-likeness (QED) is 0.714. The van der Waals surface area contributed by atoms with Crippen molar-refractivity contribution in [1.82, 2.24) is 10.2 Å². The summed E-state index contributed by atoms with van der Waals surface area (Å²) < 4.78 is 27.9. The number of nitrogens with two attached hydrogens (primary N) is 1. The minimum absolute atomic E-state index is 0.176. The highest BCUT2D eigenvalue weighted by Gasteiger charge is 2.19. The van der Waals surface area contributed by atoms with Crippen LogP contribution < -0.4 is 5.73 Å². The van der Waals surface area contributed by atoms with Crippen molar-refractivity contribution in [2.45, 2.75) is 0 Å². The van der Waals surface area contributed by atoms with Gasteiger partial charge in [0.1, 0.15) is 11.6 Å². The van der Waals surface area contributed by atoms with E-state index < -0.39 is 11.6 Å². The van der Waals surface area contributed by atoms with Gasteiger partial charge in [0.15, 0.2) is 5.82 Å². The Morgan fingerprint density at radius 2 is 2.00 bits per heavy atom. The maximum absolute atomic E-state index is 14.0. The number of aromatic amines is 1. The zero-order valence-electron chi connectivity index (χ0n) is 9.95. The van der Waals surface area contributed by atoms with Gasteiger partial charge < -0.3 is 5.73 Å². The maximum atomic E-state index is 14.0. The molecule has 3 rings (SSSR count). The van der Waals surface area contributed by atoms with E-state index in [1.165, 1.54) is 23.5 Å². The van der Waals surface area contributed by atoms with Gasteiger partial charge in [-0.3, -0.25) is 5.10 Å². The molecule has 1 aromatic carbocycles. The smallest absolute Gasteiger partial charge is 0.153 e. The van der Waals surface area contributed by atoms with Gasteiger partial charge in [0.25, 0.3) is 0 Å². The predicted molar refractivity (Wildman–Crippen MR) is 79.4 cm³/mol. The van der Waals surface area contributed by atoms with Gasteiger partial charge >= 0.3 is 0 Å². The van der Waals surface area contributed by atoms with E-state index in [-0.39, 0.29) is 11.4 Å². The van der Waals surface area contributed by atoms with Gasteiger partial charge in [-0.15, -0.1) is 11.3 Å². The van der Waals surface area contributed by atoms with E-state index >= 15 is 0 Å². The molecule has 0 saturated carbocycles. The Bertz CT molecular complexity index is 782. The lowest BCUT2D eigenvalue weighted by atomic mass is 10.0. The maximum Gasteiger partial charge on any atom is 0.153 e. The SMILES string of the molecule is Nc1n[nH]c(-c2ccc(Br)s2)c1-c1ccc(F)cc1F. The van der Waals surface area contributed by atoms with Gasteiger partial charge in [-0.2, -0.15) is 5.10 Å². The molecule has 20 heavy (non-hydrogen) atoms. The average molecular weight is 356 g/mol. The number of rotatable bonds is 2. The zero-order valence-corrected chi connectivity index (χ0v) is 12.4. The normalized spacial score (nSPS) is 10.9. The van der Waals surface area contributed by atoms with Gasteiger partial charge in [-0.1, -0.05) is 0 Å². The van der Waals surface area contributed by atoms with E-state index in [4.69, 9.17) is 5.73 Å². The average Bonchev–Trinajstić information content (AvgIpc) is 2.96. The molecular formula is C13H8BrF2N3S. The molecule has 0 aliphatic carbocycles. The topological polar surface area (TPSA) is 54.7 Å². The van der Waals surface area contributed by atoms with Crippen molar-refractivity contribution in [3.63, 3.8) is 0 Å². The van der Waals surface area contributed by atoms with Crippen molar-refractivity contribution in [3.8, 4) is 21.7 Å². The van der Waals surface area contributed by atoms with Crippen LogP contribution in [0.2, 0.25) is 0 Å². The lowest BCUT2D eigenvalue weighted by Crippen LogP contribution is -1.92. The van der Waals surface area contributed by atoms with Crippen molar-refractivity contribution in [2.75, 3.05) is 5.73 Å². The van der Waals surface area contributed by atoms with Crippen LogP contribution >= 0.6 is 27.3 Å². The van der Waals surface area contributed by atoms with Crippen LogP contribution in [-0.4, -0.2) is 10.2 Å². The Morgan fingerprint density at radius 1 is 1.20 bits per heavy atom. The number of thiophene rings is 1. The highest BCUT2D eigenvalue weighted by Crippen LogP contribution is 2.39. The third-order valence-electron chi connectivity index (χ3n) is 2.81. The number of nitrogen functional groups attached to an aromatic ring is 1. The monoisotopic (exact) mass is 355 g/mol. The van der Waals surface area contributed by atoms with Gasteiger partial charge in [-0.05, 0) is 40.2 Å². The fraction of sp³-hybridized carbons (Fsp3) is 0. The molecule has 2 aromatic heterocycles. The lowest BCUT2D eigenvalue weighted by Gasteiger charge is -2.04. The lowest BCUT2D eigenvalue weighted by molar-refractivity contribution is 0.585. The van der Waals surface area contributed by atoms with Gasteiger partial charge in [0, 0.05) is 11.6 Å². The van der Waals surface area contributed by atoms with Gasteiger partial charge in [-0.25, -0.2) is 8.78 Å². The number of halogens is 3. The van der Waals surface area contributed by atoms with Crippen LogP contribution in [0.4, 0.5) is 14.6 Å². The Labute approximate surface area is 125 Å². The molecule has 0 spiro atoms. The number of nitrogens with zero attached hydrogens (tertiary/aromatic N) is 1. The molecule has 0 aliphatic heterocycles. The van der Waals surface area contributed by atoms with Crippen LogP contribution in [0.3, 0.4) is 0 Å². The highest BCUT2D eigenvalue weighted by atomic mass is 79.9. The second-order valence-electron chi connectivity index (χ2n) is 4.09.